The van der Waals surface area contributed by atoms with Crippen molar-refractivity contribution in [2.75, 3.05) is 43.0 Å². The molecule has 1 saturated heterocycles. The van der Waals surface area contributed by atoms with Crippen molar-refractivity contribution in [1.29, 1.82) is 0 Å². The first-order chi connectivity index (χ1) is 20.3. The van der Waals surface area contributed by atoms with E-state index in [4.69, 9.17) is 15.5 Å². The minimum absolute atomic E-state index is 0.0660. The van der Waals surface area contributed by atoms with E-state index in [1.54, 1.807) is 12.1 Å². The van der Waals surface area contributed by atoms with Crippen LogP contribution >= 0.6 is 0 Å². The number of fused-ring (bicyclic) bond motifs is 1. The number of nitrogens with two attached hydrogens (primary N) is 1. The number of hydrogen-bond donors (Lipinski definition) is 2. The Kier molecular flexibility index (Phi) is 8.77. The molecule has 3 N–H and O–H groups in total. The number of carbonyl (C=O) groups is 2. The number of anilines is 2. The molecule has 3 heterocycles. The summed E-state index contributed by atoms with van der Waals surface area (Å²) in [6.45, 7) is 1.07. The first-order valence-electron chi connectivity index (χ1n) is 13.7. The van der Waals surface area contributed by atoms with E-state index in [1.807, 2.05) is 36.2 Å². The number of aromatic nitrogens is 4. The van der Waals surface area contributed by atoms with E-state index in [1.165, 1.54) is 29.0 Å². The standard InChI is InChI=1S/C29H33FN8O4/c1-35(28-32-13-10-26(40)38(28)19-42-27(41)17-33-25(39)16-31)22-11-14-36(15-12-22)29-34-23-4-2-3-5-24(23)37(29)18-20-6-8-21(30)9-7-20/h2-10,13,22H,11-12,14-19,31H2,1H3,(H,33,39). The summed E-state index contributed by atoms with van der Waals surface area (Å²) in [6, 6.07) is 15.8. The minimum atomic E-state index is -0.696. The van der Waals surface area contributed by atoms with E-state index in [-0.39, 0.29) is 37.2 Å². The minimum Gasteiger partial charge on any atom is -0.442 e. The average Bonchev–Trinajstić information content (AvgIpc) is 3.38. The second-order valence-electron chi connectivity index (χ2n) is 10.1. The van der Waals surface area contributed by atoms with E-state index in [0.29, 0.717) is 25.6 Å². The Bertz CT molecular complexity index is 1610. The molecular formula is C29H33FN8O4. The summed E-state index contributed by atoms with van der Waals surface area (Å²) in [5.74, 6) is -0.220. The monoisotopic (exact) mass is 576 g/mol. The van der Waals surface area contributed by atoms with Crippen molar-refractivity contribution in [2.45, 2.75) is 32.2 Å². The van der Waals surface area contributed by atoms with Crippen LogP contribution in [0.5, 0.6) is 0 Å². The molecule has 0 unspecified atom stereocenters. The smallest absolute Gasteiger partial charge is 0.327 e. The Morgan fingerprint density at radius 3 is 2.57 bits per heavy atom. The average molecular weight is 577 g/mol. The van der Waals surface area contributed by atoms with Gasteiger partial charge in [-0.25, -0.2) is 18.9 Å². The lowest BCUT2D eigenvalue weighted by Gasteiger charge is -2.38. The van der Waals surface area contributed by atoms with Gasteiger partial charge in [0.2, 0.25) is 17.8 Å². The van der Waals surface area contributed by atoms with Crippen molar-refractivity contribution in [3.8, 4) is 0 Å². The van der Waals surface area contributed by atoms with E-state index < -0.39 is 11.9 Å². The normalized spacial score (nSPS) is 13.7. The molecule has 12 nitrogen and oxygen atoms in total. The van der Waals surface area contributed by atoms with Gasteiger partial charge in [-0.05, 0) is 42.7 Å². The van der Waals surface area contributed by atoms with E-state index in [9.17, 15) is 18.8 Å². The maximum atomic E-state index is 13.5. The zero-order valence-electron chi connectivity index (χ0n) is 23.3. The lowest BCUT2D eigenvalue weighted by molar-refractivity contribution is -0.147. The van der Waals surface area contributed by atoms with Crippen LogP contribution in [-0.2, 0) is 27.6 Å². The summed E-state index contributed by atoms with van der Waals surface area (Å²) in [5.41, 5.74) is 7.74. The number of imidazole rings is 1. The highest BCUT2D eigenvalue weighted by molar-refractivity contribution is 5.83. The number of nitrogens with zero attached hydrogens (tertiary/aromatic N) is 6. The number of para-hydroxylation sites is 2. The predicted octanol–water partition coefficient (Wildman–Crippen LogP) is 1.46. The van der Waals surface area contributed by atoms with Gasteiger partial charge in [-0.15, -0.1) is 0 Å². The number of benzene rings is 2. The van der Waals surface area contributed by atoms with Gasteiger partial charge in [0, 0.05) is 38.4 Å². The number of piperidine rings is 1. The van der Waals surface area contributed by atoms with Gasteiger partial charge < -0.3 is 30.2 Å². The molecule has 1 fully saturated rings. The van der Waals surface area contributed by atoms with Crippen LogP contribution in [0.4, 0.5) is 16.3 Å². The molecule has 0 aliphatic carbocycles. The molecule has 5 rings (SSSR count). The summed E-state index contributed by atoms with van der Waals surface area (Å²) >= 11 is 0. The Morgan fingerprint density at radius 2 is 1.83 bits per heavy atom. The number of esters is 1. The van der Waals surface area contributed by atoms with Crippen LogP contribution in [0.25, 0.3) is 11.0 Å². The number of amides is 1. The quantitative estimate of drug-likeness (QED) is 0.269. The molecule has 13 heteroatoms. The van der Waals surface area contributed by atoms with Crippen molar-refractivity contribution >= 4 is 34.8 Å². The third-order valence-electron chi connectivity index (χ3n) is 7.38. The zero-order valence-corrected chi connectivity index (χ0v) is 23.3. The number of carbonyl (C=O) groups excluding carboxylic acids is 2. The van der Waals surface area contributed by atoms with E-state index in [0.717, 1.165) is 35.4 Å². The van der Waals surface area contributed by atoms with Crippen LogP contribution in [0, 0.1) is 5.82 Å². The maximum Gasteiger partial charge on any atom is 0.327 e. The molecule has 0 atom stereocenters. The Hall–Kier alpha value is -4.78. The van der Waals surface area contributed by atoms with Crippen molar-refractivity contribution < 1.29 is 18.7 Å². The first kappa shape index (κ1) is 28.7. The summed E-state index contributed by atoms with van der Waals surface area (Å²) in [6.07, 6.45) is 2.97. The van der Waals surface area contributed by atoms with E-state index in [2.05, 4.69) is 19.8 Å². The molecular weight excluding hydrogens is 543 g/mol. The Morgan fingerprint density at radius 1 is 1.10 bits per heavy atom. The van der Waals surface area contributed by atoms with Crippen molar-refractivity contribution in [1.82, 2.24) is 24.4 Å². The van der Waals surface area contributed by atoms with Crippen LogP contribution in [0.1, 0.15) is 18.4 Å². The van der Waals surface area contributed by atoms with Crippen LogP contribution in [-0.4, -0.2) is 70.2 Å². The fraction of sp³-hybridized carbons (Fsp3) is 0.345. The number of hydrogen-bond acceptors (Lipinski definition) is 9. The van der Waals surface area contributed by atoms with Gasteiger partial charge >= 0.3 is 5.97 Å². The van der Waals surface area contributed by atoms with Gasteiger partial charge in [0.1, 0.15) is 12.4 Å². The second-order valence-corrected chi connectivity index (χ2v) is 10.1. The molecule has 0 radical (unpaired) electrons. The van der Waals surface area contributed by atoms with Crippen LogP contribution in [0.2, 0.25) is 0 Å². The van der Waals surface area contributed by atoms with Crippen molar-refractivity contribution in [3.05, 3.63) is 82.5 Å². The van der Waals surface area contributed by atoms with Gasteiger partial charge in [0.15, 0.2) is 6.73 Å². The number of nitrogens with one attached hydrogen (secondary N) is 1. The summed E-state index contributed by atoms with van der Waals surface area (Å²) in [4.78, 5) is 49.6. The third kappa shape index (κ3) is 6.41. The molecule has 0 saturated carbocycles. The van der Waals surface area contributed by atoms with E-state index >= 15 is 0 Å². The Balaban J connectivity index is 1.28. The molecule has 1 aliphatic heterocycles. The molecule has 220 valence electrons. The van der Waals surface area contributed by atoms with Crippen molar-refractivity contribution in [2.24, 2.45) is 5.73 Å². The number of rotatable bonds is 10. The molecule has 2 aromatic carbocycles. The first-order valence-corrected chi connectivity index (χ1v) is 13.7. The maximum absolute atomic E-state index is 13.5. The highest BCUT2D eigenvalue weighted by Gasteiger charge is 2.28. The highest BCUT2D eigenvalue weighted by atomic mass is 19.1. The molecule has 0 bridgehead atoms. The molecule has 1 amide bonds. The Labute approximate surface area is 241 Å². The fourth-order valence-electron chi connectivity index (χ4n) is 5.11. The lowest BCUT2D eigenvalue weighted by Crippen LogP contribution is -2.46. The topological polar surface area (TPSA) is 141 Å². The van der Waals surface area contributed by atoms with Gasteiger partial charge in [0.05, 0.1) is 24.1 Å². The number of ether oxygens (including phenoxy) is 1. The van der Waals surface area contributed by atoms with Gasteiger partial charge in [-0.3, -0.25) is 14.4 Å². The largest absolute Gasteiger partial charge is 0.442 e. The predicted molar refractivity (Wildman–Crippen MR) is 156 cm³/mol. The molecule has 4 aromatic rings. The molecule has 0 spiro atoms. The van der Waals surface area contributed by atoms with Crippen LogP contribution < -0.4 is 26.4 Å². The molecule has 2 aromatic heterocycles. The third-order valence-corrected chi connectivity index (χ3v) is 7.38. The fourth-order valence-corrected chi connectivity index (χ4v) is 5.11. The zero-order chi connectivity index (χ0) is 29.6. The number of halogens is 1. The van der Waals surface area contributed by atoms with Crippen LogP contribution in [0.15, 0.2) is 65.6 Å². The summed E-state index contributed by atoms with van der Waals surface area (Å²) < 4.78 is 22.2. The molecule has 42 heavy (non-hydrogen) atoms. The summed E-state index contributed by atoms with van der Waals surface area (Å²) in [5, 5.41) is 2.34. The second kappa shape index (κ2) is 12.8. The SMILES string of the molecule is CN(c1nccc(=O)n1COC(=O)CNC(=O)CN)C1CCN(c2nc3ccccc3n2Cc2ccc(F)cc2)CC1. The van der Waals surface area contributed by atoms with Gasteiger partial charge in [-0.1, -0.05) is 24.3 Å². The van der Waals surface area contributed by atoms with Crippen LogP contribution in [0.3, 0.4) is 0 Å². The van der Waals surface area contributed by atoms with Crippen molar-refractivity contribution in [3.63, 3.8) is 0 Å². The highest BCUT2D eigenvalue weighted by Crippen LogP contribution is 2.28. The van der Waals surface area contributed by atoms with Gasteiger partial charge in [-0.2, -0.15) is 0 Å². The molecule has 1 aliphatic rings. The lowest BCUT2D eigenvalue weighted by atomic mass is 10.0. The summed E-state index contributed by atoms with van der Waals surface area (Å²) in [7, 11) is 1.87. The van der Waals surface area contributed by atoms with Gasteiger partial charge in [0.25, 0.3) is 5.56 Å².